The number of nitro benzene ring substituents is 1. The van der Waals surface area contributed by atoms with Crippen LogP contribution in [-0.4, -0.2) is 10.9 Å². The van der Waals surface area contributed by atoms with E-state index in [1.807, 2.05) is 30.3 Å². The Morgan fingerprint density at radius 1 is 1.05 bits per heavy atom. The molecule has 0 N–H and O–H groups in total. The summed E-state index contributed by atoms with van der Waals surface area (Å²) in [6, 6.07) is 13.5. The van der Waals surface area contributed by atoms with Gasteiger partial charge in [0.15, 0.2) is 0 Å². The number of hydrogen-bond donors (Lipinski definition) is 0. The Hall–Kier alpha value is -2.95. The number of ether oxygens (including phenoxy) is 1. The fourth-order valence-electron chi connectivity index (χ4n) is 2.05. The van der Waals surface area contributed by atoms with Crippen molar-refractivity contribution >= 4 is 23.5 Å². The topological polar surface area (TPSA) is 69.4 Å². The number of nitro groups is 1. The highest BCUT2D eigenvalue weighted by Crippen LogP contribution is 2.33. The summed E-state index contributed by atoms with van der Waals surface area (Å²) in [5.74, 6) is -0.156. The van der Waals surface area contributed by atoms with Crippen LogP contribution >= 0.6 is 0 Å². The molecular formula is C15H9NO4. The van der Waals surface area contributed by atoms with Gasteiger partial charge in [0, 0.05) is 17.7 Å². The third-order valence-electron chi connectivity index (χ3n) is 3.00. The number of carbonyl (C=O) groups excluding carboxylic acids is 1. The first-order valence-electron chi connectivity index (χ1n) is 5.93. The Morgan fingerprint density at radius 2 is 1.80 bits per heavy atom. The van der Waals surface area contributed by atoms with Gasteiger partial charge in [-0.1, -0.05) is 30.3 Å². The van der Waals surface area contributed by atoms with E-state index in [1.165, 1.54) is 18.2 Å². The van der Waals surface area contributed by atoms with E-state index >= 15 is 0 Å². The Balaban J connectivity index is 2.07. The van der Waals surface area contributed by atoms with Gasteiger partial charge in [-0.25, -0.2) is 4.79 Å². The molecule has 0 spiro atoms. The number of nitrogens with zero attached hydrogens (tertiary/aromatic N) is 1. The number of non-ortho nitro benzene ring substituents is 1. The summed E-state index contributed by atoms with van der Waals surface area (Å²) in [6.45, 7) is 0. The molecule has 0 bridgehead atoms. The number of esters is 1. The van der Waals surface area contributed by atoms with E-state index in [-0.39, 0.29) is 11.3 Å². The number of benzene rings is 2. The number of fused-ring (bicyclic) bond motifs is 1. The van der Waals surface area contributed by atoms with Crippen LogP contribution < -0.4 is 0 Å². The highest BCUT2D eigenvalue weighted by molar-refractivity contribution is 6.06. The summed E-state index contributed by atoms with van der Waals surface area (Å²) in [4.78, 5) is 21.9. The molecule has 0 amide bonds. The highest BCUT2D eigenvalue weighted by atomic mass is 16.6. The van der Waals surface area contributed by atoms with Crippen molar-refractivity contribution in [3.05, 3.63) is 75.3 Å². The fourth-order valence-corrected chi connectivity index (χ4v) is 2.05. The zero-order valence-electron chi connectivity index (χ0n) is 10.3. The van der Waals surface area contributed by atoms with Crippen LogP contribution in [0.4, 0.5) is 5.69 Å². The van der Waals surface area contributed by atoms with E-state index in [9.17, 15) is 14.9 Å². The van der Waals surface area contributed by atoms with Crippen LogP contribution in [0.2, 0.25) is 0 Å². The van der Waals surface area contributed by atoms with Gasteiger partial charge in [0.25, 0.3) is 5.69 Å². The molecule has 5 nitrogen and oxygen atoms in total. The number of hydrogen-bond acceptors (Lipinski definition) is 4. The summed E-state index contributed by atoms with van der Waals surface area (Å²) >= 11 is 0. The fraction of sp³-hybridized carbons (Fsp3) is 0. The first-order valence-corrected chi connectivity index (χ1v) is 5.93. The molecule has 0 saturated heterocycles. The lowest BCUT2D eigenvalue weighted by Gasteiger charge is -1.98. The molecule has 1 heterocycles. The molecule has 0 radical (unpaired) electrons. The Kier molecular flexibility index (Phi) is 2.80. The number of carbonyl (C=O) groups is 1. The van der Waals surface area contributed by atoms with Crippen LogP contribution in [0.5, 0.6) is 0 Å². The van der Waals surface area contributed by atoms with Crippen molar-refractivity contribution in [3.8, 4) is 0 Å². The predicted molar refractivity (Wildman–Crippen MR) is 72.8 cm³/mol. The van der Waals surface area contributed by atoms with Crippen LogP contribution in [0, 0.1) is 10.1 Å². The predicted octanol–water partition coefficient (Wildman–Crippen LogP) is 3.26. The summed E-state index contributed by atoms with van der Waals surface area (Å²) in [6.07, 6.45) is 1.73. The molecule has 0 fully saturated rings. The average molecular weight is 267 g/mol. The lowest BCUT2D eigenvalue weighted by Crippen LogP contribution is -1.95. The summed E-state index contributed by atoms with van der Waals surface area (Å²) < 4.78 is 5.17. The SMILES string of the molecule is O=C1OC(=Cc2ccccc2)c2ccc([N+](=O)[O-])cc21. The molecule has 2 aromatic carbocycles. The lowest BCUT2D eigenvalue weighted by molar-refractivity contribution is -0.384. The normalized spacial score (nSPS) is 15.0. The van der Waals surface area contributed by atoms with Crippen LogP contribution in [0.25, 0.3) is 11.8 Å². The van der Waals surface area contributed by atoms with Crippen molar-refractivity contribution in [2.75, 3.05) is 0 Å². The Labute approximate surface area is 114 Å². The minimum absolute atomic E-state index is 0.123. The van der Waals surface area contributed by atoms with E-state index in [0.717, 1.165) is 5.56 Å². The molecule has 0 aliphatic carbocycles. The van der Waals surface area contributed by atoms with Crippen LogP contribution in [0.1, 0.15) is 21.5 Å². The smallest absolute Gasteiger partial charge is 0.344 e. The van der Waals surface area contributed by atoms with Crippen molar-refractivity contribution in [2.45, 2.75) is 0 Å². The molecule has 2 aromatic rings. The van der Waals surface area contributed by atoms with Gasteiger partial charge in [-0.3, -0.25) is 10.1 Å². The Morgan fingerprint density at radius 3 is 2.50 bits per heavy atom. The summed E-state index contributed by atoms with van der Waals surface area (Å²) in [5, 5.41) is 10.7. The van der Waals surface area contributed by atoms with E-state index < -0.39 is 10.9 Å². The first kappa shape index (κ1) is 12.1. The van der Waals surface area contributed by atoms with Gasteiger partial charge in [0.2, 0.25) is 0 Å². The molecule has 0 saturated carbocycles. The second kappa shape index (κ2) is 4.62. The zero-order chi connectivity index (χ0) is 14.1. The van der Waals surface area contributed by atoms with Gasteiger partial charge < -0.3 is 4.74 Å². The lowest BCUT2D eigenvalue weighted by atomic mass is 10.1. The molecular weight excluding hydrogens is 258 g/mol. The van der Waals surface area contributed by atoms with Crippen molar-refractivity contribution in [2.24, 2.45) is 0 Å². The van der Waals surface area contributed by atoms with E-state index in [2.05, 4.69) is 0 Å². The molecule has 5 heteroatoms. The third-order valence-corrected chi connectivity index (χ3v) is 3.00. The summed E-state index contributed by atoms with van der Waals surface area (Å²) in [5.41, 5.74) is 1.56. The van der Waals surface area contributed by atoms with E-state index in [0.29, 0.717) is 11.3 Å². The summed E-state index contributed by atoms with van der Waals surface area (Å²) in [7, 11) is 0. The monoisotopic (exact) mass is 267 g/mol. The maximum Gasteiger partial charge on any atom is 0.344 e. The second-order valence-corrected chi connectivity index (χ2v) is 4.30. The van der Waals surface area contributed by atoms with E-state index in [1.54, 1.807) is 6.08 Å². The van der Waals surface area contributed by atoms with Gasteiger partial charge in [0.05, 0.1) is 10.5 Å². The number of cyclic esters (lactones) is 1. The molecule has 98 valence electrons. The second-order valence-electron chi connectivity index (χ2n) is 4.30. The van der Waals surface area contributed by atoms with Gasteiger partial charge in [-0.15, -0.1) is 0 Å². The van der Waals surface area contributed by atoms with Crippen molar-refractivity contribution in [1.82, 2.24) is 0 Å². The average Bonchev–Trinajstić information content (AvgIpc) is 2.76. The van der Waals surface area contributed by atoms with Crippen LogP contribution in [0.15, 0.2) is 48.5 Å². The largest absolute Gasteiger partial charge is 0.422 e. The molecule has 0 aromatic heterocycles. The maximum absolute atomic E-state index is 11.8. The highest BCUT2D eigenvalue weighted by Gasteiger charge is 2.28. The maximum atomic E-state index is 11.8. The standard InChI is InChI=1S/C15H9NO4/c17-15-13-9-11(16(18)19)6-7-12(13)14(20-15)8-10-4-2-1-3-5-10/h1-9H. The number of rotatable bonds is 2. The van der Waals surface area contributed by atoms with Crippen molar-refractivity contribution < 1.29 is 14.5 Å². The van der Waals surface area contributed by atoms with Gasteiger partial charge in [-0.05, 0) is 17.7 Å². The van der Waals surface area contributed by atoms with Gasteiger partial charge >= 0.3 is 5.97 Å². The molecule has 0 atom stereocenters. The molecule has 1 aliphatic rings. The van der Waals surface area contributed by atoms with Gasteiger partial charge in [-0.2, -0.15) is 0 Å². The van der Waals surface area contributed by atoms with Crippen molar-refractivity contribution in [1.29, 1.82) is 0 Å². The minimum atomic E-state index is -0.564. The van der Waals surface area contributed by atoms with Gasteiger partial charge in [0.1, 0.15) is 5.76 Å². The quantitative estimate of drug-likeness (QED) is 0.475. The minimum Gasteiger partial charge on any atom is -0.422 e. The zero-order valence-corrected chi connectivity index (χ0v) is 10.3. The Bertz CT molecular complexity index is 735. The first-order chi connectivity index (χ1) is 9.65. The molecule has 1 aliphatic heterocycles. The van der Waals surface area contributed by atoms with E-state index in [4.69, 9.17) is 4.74 Å². The molecule has 3 rings (SSSR count). The molecule has 20 heavy (non-hydrogen) atoms. The molecule has 0 unspecified atom stereocenters. The third kappa shape index (κ3) is 2.05. The van der Waals surface area contributed by atoms with Crippen LogP contribution in [-0.2, 0) is 4.74 Å². The van der Waals surface area contributed by atoms with Crippen molar-refractivity contribution in [3.63, 3.8) is 0 Å². The van der Waals surface area contributed by atoms with Crippen LogP contribution in [0.3, 0.4) is 0 Å².